The number of ether oxygens (including phenoxy) is 1. The van der Waals surface area contributed by atoms with E-state index >= 15 is 0 Å². The van der Waals surface area contributed by atoms with Gasteiger partial charge in [-0.2, -0.15) is 5.10 Å². The molecule has 7 heteroatoms. The average molecular weight is 290 g/mol. The monoisotopic (exact) mass is 290 g/mol. The summed E-state index contributed by atoms with van der Waals surface area (Å²) in [5, 5.41) is 17.5. The molecule has 21 heavy (non-hydrogen) atoms. The van der Waals surface area contributed by atoms with E-state index in [1.54, 1.807) is 12.1 Å². The van der Waals surface area contributed by atoms with Crippen molar-refractivity contribution in [3.63, 3.8) is 0 Å². The van der Waals surface area contributed by atoms with Crippen molar-refractivity contribution in [1.29, 1.82) is 0 Å². The third-order valence-corrected chi connectivity index (χ3v) is 2.69. The van der Waals surface area contributed by atoms with Crippen molar-refractivity contribution >= 4 is 5.69 Å². The van der Waals surface area contributed by atoms with Gasteiger partial charge in [0.25, 0.3) is 5.69 Å². The van der Waals surface area contributed by atoms with Gasteiger partial charge in [-0.15, -0.1) is 0 Å². The molecule has 0 fully saturated rings. The van der Waals surface area contributed by atoms with Crippen molar-refractivity contribution in [3.05, 3.63) is 46.0 Å². The van der Waals surface area contributed by atoms with Crippen LogP contribution in [0.2, 0.25) is 0 Å². The SMILES string of the molecule is CC(C)(C)Cc1n[nH]c(COc2ccc([N+](=O)[O-])cc2)n1. The lowest BCUT2D eigenvalue weighted by Crippen LogP contribution is -2.10. The van der Waals surface area contributed by atoms with Crippen molar-refractivity contribution in [2.45, 2.75) is 33.8 Å². The first kappa shape index (κ1) is 15.0. The molecule has 0 aliphatic heterocycles. The topological polar surface area (TPSA) is 93.9 Å². The van der Waals surface area contributed by atoms with Crippen LogP contribution < -0.4 is 4.74 Å². The lowest BCUT2D eigenvalue weighted by atomic mass is 9.92. The molecule has 0 bridgehead atoms. The minimum absolute atomic E-state index is 0.0366. The summed E-state index contributed by atoms with van der Waals surface area (Å²) < 4.78 is 5.51. The van der Waals surface area contributed by atoms with Gasteiger partial charge in [-0.1, -0.05) is 20.8 Å². The highest BCUT2D eigenvalue weighted by Gasteiger charge is 2.15. The molecule has 0 radical (unpaired) electrons. The molecule has 1 heterocycles. The molecule has 0 saturated carbocycles. The van der Waals surface area contributed by atoms with Gasteiger partial charge in [0.2, 0.25) is 0 Å². The number of benzene rings is 1. The van der Waals surface area contributed by atoms with Crippen molar-refractivity contribution < 1.29 is 9.66 Å². The highest BCUT2D eigenvalue weighted by molar-refractivity contribution is 5.35. The maximum atomic E-state index is 10.5. The number of nitrogens with one attached hydrogen (secondary N) is 1. The number of nitrogens with zero attached hydrogens (tertiary/aromatic N) is 3. The molecule has 0 saturated heterocycles. The van der Waals surface area contributed by atoms with Gasteiger partial charge in [-0.3, -0.25) is 15.2 Å². The molecule has 112 valence electrons. The third kappa shape index (κ3) is 4.55. The van der Waals surface area contributed by atoms with Crippen LogP contribution >= 0.6 is 0 Å². The van der Waals surface area contributed by atoms with Crippen LogP contribution in [0.3, 0.4) is 0 Å². The van der Waals surface area contributed by atoms with Crippen LogP contribution in [0.25, 0.3) is 0 Å². The minimum Gasteiger partial charge on any atom is -0.486 e. The molecular weight excluding hydrogens is 272 g/mol. The number of hydrogen-bond acceptors (Lipinski definition) is 5. The quantitative estimate of drug-likeness (QED) is 0.675. The highest BCUT2D eigenvalue weighted by atomic mass is 16.6. The Hall–Kier alpha value is -2.44. The van der Waals surface area contributed by atoms with Gasteiger partial charge >= 0.3 is 0 Å². The zero-order valence-electron chi connectivity index (χ0n) is 12.3. The molecule has 0 aliphatic carbocycles. The number of aromatic nitrogens is 3. The van der Waals surface area contributed by atoms with Gasteiger partial charge in [0, 0.05) is 18.6 Å². The van der Waals surface area contributed by atoms with Crippen LogP contribution in [0, 0.1) is 15.5 Å². The highest BCUT2D eigenvalue weighted by Crippen LogP contribution is 2.19. The summed E-state index contributed by atoms with van der Waals surface area (Å²) in [6.07, 6.45) is 0.779. The lowest BCUT2D eigenvalue weighted by Gasteiger charge is -2.14. The van der Waals surface area contributed by atoms with Gasteiger partial charge in [0.05, 0.1) is 4.92 Å². The van der Waals surface area contributed by atoms with Crippen LogP contribution in [-0.4, -0.2) is 20.1 Å². The van der Waals surface area contributed by atoms with E-state index in [4.69, 9.17) is 4.74 Å². The second-order valence-corrected chi connectivity index (χ2v) is 5.98. The maximum Gasteiger partial charge on any atom is 0.269 e. The van der Waals surface area contributed by atoms with Crippen LogP contribution in [0.5, 0.6) is 5.75 Å². The van der Waals surface area contributed by atoms with E-state index in [-0.39, 0.29) is 17.7 Å². The zero-order chi connectivity index (χ0) is 15.5. The number of non-ortho nitro benzene ring substituents is 1. The second kappa shape index (κ2) is 5.90. The molecule has 1 aromatic heterocycles. The van der Waals surface area contributed by atoms with Gasteiger partial charge in [-0.05, 0) is 17.5 Å². The first-order valence-corrected chi connectivity index (χ1v) is 6.61. The number of H-pyrrole nitrogens is 1. The Morgan fingerprint density at radius 1 is 1.29 bits per heavy atom. The molecule has 7 nitrogen and oxygen atoms in total. The average Bonchev–Trinajstić information content (AvgIpc) is 2.82. The Kier molecular flexibility index (Phi) is 4.21. The molecule has 1 aromatic carbocycles. The molecule has 0 atom stereocenters. The first-order chi connectivity index (χ1) is 9.83. The van der Waals surface area contributed by atoms with E-state index in [2.05, 4.69) is 36.0 Å². The van der Waals surface area contributed by atoms with Crippen LogP contribution in [0.4, 0.5) is 5.69 Å². The number of aromatic amines is 1. The fourth-order valence-corrected chi connectivity index (χ4v) is 1.77. The van der Waals surface area contributed by atoms with E-state index < -0.39 is 4.92 Å². The molecule has 2 rings (SSSR count). The summed E-state index contributed by atoms with van der Waals surface area (Å²) in [5.74, 6) is 1.94. The van der Waals surface area contributed by atoms with E-state index in [0.29, 0.717) is 11.6 Å². The van der Waals surface area contributed by atoms with Crippen molar-refractivity contribution in [3.8, 4) is 5.75 Å². The largest absolute Gasteiger partial charge is 0.486 e. The van der Waals surface area contributed by atoms with Crippen molar-refractivity contribution in [1.82, 2.24) is 15.2 Å². The van der Waals surface area contributed by atoms with E-state index in [9.17, 15) is 10.1 Å². The Morgan fingerprint density at radius 3 is 2.52 bits per heavy atom. The van der Waals surface area contributed by atoms with Crippen LogP contribution in [-0.2, 0) is 13.0 Å². The third-order valence-electron chi connectivity index (χ3n) is 2.69. The number of nitro benzene ring substituents is 1. The molecular formula is C14H18N4O3. The molecule has 1 N–H and O–H groups in total. The number of nitro groups is 1. The summed E-state index contributed by atoms with van der Waals surface area (Å²) in [5.41, 5.74) is 0.160. The summed E-state index contributed by atoms with van der Waals surface area (Å²) in [6.45, 7) is 6.61. The Balaban J connectivity index is 1.92. The van der Waals surface area contributed by atoms with Crippen LogP contribution in [0.15, 0.2) is 24.3 Å². The van der Waals surface area contributed by atoms with Gasteiger partial charge in [0.15, 0.2) is 11.6 Å². The number of hydrogen-bond donors (Lipinski definition) is 1. The lowest BCUT2D eigenvalue weighted by molar-refractivity contribution is -0.384. The maximum absolute atomic E-state index is 10.5. The fraction of sp³-hybridized carbons (Fsp3) is 0.429. The Bertz CT molecular complexity index is 614. The summed E-state index contributed by atoms with van der Waals surface area (Å²) in [7, 11) is 0. The van der Waals surface area contributed by atoms with Gasteiger partial charge in [-0.25, -0.2) is 4.98 Å². The zero-order valence-corrected chi connectivity index (χ0v) is 12.3. The van der Waals surface area contributed by atoms with E-state index in [1.807, 2.05) is 0 Å². The normalized spacial score (nSPS) is 11.4. The first-order valence-electron chi connectivity index (χ1n) is 6.61. The van der Waals surface area contributed by atoms with Gasteiger partial charge in [0.1, 0.15) is 12.4 Å². The van der Waals surface area contributed by atoms with Crippen molar-refractivity contribution in [2.75, 3.05) is 0 Å². The number of rotatable bonds is 5. The molecule has 2 aromatic rings. The van der Waals surface area contributed by atoms with Crippen LogP contribution in [0.1, 0.15) is 32.4 Å². The molecule has 0 amide bonds. The summed E-state index contributed by atoms with van der Waals surface area (Å²) >= 11 is 0. The molecule has 0 unspecified atom stereocenters. The Morgan fingerprint density at radius 2 is 1.95 bits per heavy atom. The van der Waals surface area contributed by atoms with E-state index in [0.717, 1.165) is 12.2 Å². The molecule has 0 spiro atoms. The fourth-order valence-electron chi connectivity index (χ4n) is 1.77. The smallest absolute Gasteiger partial charge is 0.269 e. The molecule has 0 aliphatic rings. The summed E-state index contributed by atoms with van der Waals surface area (Å²) in [4.78, 5) is 14.5. The van der Waals surface area contributed by atoms with Crippen molar-refractivity contribution in [2.24, 2.45) is 5.41 Å². The standard InChI is InChI=1S/C14H18N4O3/c1-14(2,3)8-12-15-13(17-16-12)9-21-11-6-4-10(5-7-11)18(19)20/h4-7H,8-9H2,1-3H3,(H,15,16,17). The second-order valence-electron chi connectivity index (χ2n) is 5.98. The predicted octanol–water partition coefficient (Wildman–Crippen LogP) is 2.88. The Labute approximate surface area is 122 Å². The van der Waals surface area contributed by atoms with Gasteiger partial charge < -0.3 is 4.74 Å². The summed E-state index contributed by atoms with van der Waals surface area (Å²) in [6, 6.07) is 5.93. The minimum atomic E-state index is -0.445. The predicted molar refractivity (Wildman–Crippen MR) is 77.0 cm³/mol. The van der Waals surface area contributed by atoms with E-state index in [1.165, 1.54) is 12.1 Å².